The minimum atomic E-state index is -0.285. The second-order valence-electron chi connectivity index (χ2n) is 6.24. The number of hydrogen-bond acceptors (Lipinski definition) is 5. The Hall–Kier alpha value is -3.02. The molecule has 0 aliphatic carbocycles. The zero-order valence-corrected chi connectivity index (χ0v) is 14.3. The Balaban J connectivity index is 1.68. The first kappa shape index (κ1) is 16.8. The van der Waals surface area contributed by atoms with Gasteiger partial charge in [-0.05, 0) is 36.2 Å². The fraction of sp³-hybridized carbons (Fsp3) is 0.263. The first-order chi connectivity index (χ1) is 12.0. The lowest BCUT2D eigenvalue weighted by Crippen LogP contribution is -2.23. The third kappa shape index (κ3) is 4.09. The number of carbonyl (C=O) groups is 1. The van der Waals surface area contributed by atoms with Crippen LogP contribution in [-0.4, -0.2) is 17.5 Å². The van der Waals surface area contributed by atoms with E-state index in [1.54, 1.807) is 18.3 Å². The monoisotopic (exact) mass is 339 g/mol. The molecule has 6 nitrogen and oxygen atoms in total. The molecule has 2 heterocycles. The number of pyridine rings is 1. The molecule has 6 heteroatoms. The number of furan rings is 1. The van der Waals surface area contributed by atoms with Crippen LogP contribution < -0.4 is 15.8 Å². The van der Waals surface area contributed by atoms with Crippen LogP contribution in [0.15, 0.2) is 47.0 Å². The van der Waals surface area contributed by atoms with E-state index in [2.05, 4.69) is 24.1 Å². The number of nitrogens with two attached hydrogens (primary N) is 1. The largest absolute Gasteiger partial charge is 0.493 e. The summed E-state index contributed by atoms with van der Waals surface area (Å²) >= 11 is 0. The predicted octanol–water partition coefficient (Wildman–Crippen LogP) is 3.37. The van der Waals surface area contributed by atoms with Gasteiger partial charge >= 0.3 is 0 Å². The van der Waals surface area contributed by atoms with E-state index in [4.69, 9.17) is 14.9 Å². The summed E-state index contributed by atoms with van der Waals surface area (Å²) < 4.78 is 11.5. The molecule has 0 saturated heterocycles. The van der Waals surface area contributed by atoms with Gasteiger partial charge in [0.1, 0.15) is 22.9 Å². The molecule has 0 unspecified atom stereocenters. The Morgan fingerprint density at radius 1 is 1.32 bits per heavy atom. The number of aromatic nitrogens is 1. The first-order valence-corrected chi connectivity index (χ1v) is 8.17. The van der Waals surface area contributed by atoms with Crippen molar-refractivity contribution in [2.24, 2.45) is 5.92 Å². The second kappa shape index (κ2) is 7.25. The first-order valence-electron chi connectivity index (χ1n) is 8.17. The highest BCUT2D eigenvalue weighted by Gasteiger charge is 2.11. The average molecular weight is 339 g/mol. The fourth-order valence-corrected chi connectivity index (χ4v) is 2.38. The van der Waals surface area contributed by atoms with E-state index in [1.165, 1.54) is 0 Å². The molecule has 3 rings (SSSR count). The summed E-state index contributed by atoms with van der Waals surface area (Å²) in [5.41, 5.74) is 6.79. The molecule has 0 aliphatic heterocycles. The van der Waals surface area contributed by atoms with Crippen LogP contribution in [0.1, 0.15) is 30.0 Å². The molecule has 2 aromatic heterocycles. The number of ether oxygens (including phenoxy) is 1. The Labute approximate surface area is 146 Å². The fourth-order valence-electron chi connectivity index (χ4n) is 2.38. The van der Waals surface area contributed by atoms with Gasteiger partial charge in [0.15, 0.2) is 0 Å². The van der Waals surface area contributed by atoms with Gasteiger partial charge in [-0.2, -0.15) is 0 Å². The zero-order valence-electron chi connectivity index (χ0n) is 14.3. The predicted molar refractivity (Wildman–Crippen MR) is 96.4 cm³/mol. The van der Waals surface area contributed by atoms with Gasteiger partial charge in [0, 0.05) is 17.6 Å². The zero-order chi connectivity index (χ0) is 17.8. The third-order valence-electron chi connectivity index (χ3n) is 3.63. The number of carbonyl (C=O) groups excluding carboxylic acids is 1. The van der Waals surface area contributed by atoms with Crippen molar-refractivity contribution in [1.29, 1.82) is 0 Å². The van der Waals surface area contributed by atoms with Gasteiger partial charge in [0.05, 0.1) is 18.7 Å². The normalized spacial score (nSPS) is 11.0. The summed E-state index contributed by atoms with van der Waals surface area (Å²) in [4.78, 5) is 16.1. The van der Waals surface area contributed by atoms with Crippen LogP contribution in [0.4, 0.5) is 5.82 Å². The van der Waals surface area contributed by atoms with Gasteiger partial charge < -0.3 is 20.2 Å². The van der Waals surface area contributed by atoms with Crippen molar-refractivity contribution in [2.45, 2.75) is 20.4 Å². The van der Waals surface area contributed by atoms with E-state index in [0.29, 0.717) is 23.8 Å². The van der Waals surface area contributed by atoms with Gasteiger partial charge in [-0.3, -0.25) is 4.79 Å². The summed E-state index contributed by atoms with van der Waals surface area (Å²) in [6.45, 7) is 5.12. The molecule has 1 aromatic carbocycles. The maximum Gasteiger partial charge on any atom is 0.255 e. The van der Waals surface area contributed by atoms with Crippen LogP contribution in [0, 0.1) is 5.92 Å². The van der Waals surface area contributed by atoms with Crippen molar-refractivity contribution in [3.05, 3.63) is 53.9 Å². The average Bonchev–Trinajstić information content (AvgIpc) is 3.00. The van der Waals surface area contributed by atoms with E-state index in [0.717, 1.165) is 16.7 Å². The number of benzene rings is 1. The van der Waals surface area contributed by atoms with Gasteiger partial charge in [0.2, 0.25) is 0 Å². The third-order valence-corrected chi connectivity index (χ3v) is 3.63. The maximum absolute atomic E-state index is 12.2. The molecule has 0 saturated carbocycles. The van der Waals surface area contributed by atoms with E-state index >= 15 is 0 Å². The standard InChI is InChI=1S/C19H21N3O3/c1-12(2)11-24-14-6-5-13-8-15(25-17(13)9-14)10-22-19(23)16-4-3-7-21-18(16)20/h3-9,12H,10-11H2,1-2H3,(H2,20,21)(H,22,23). The molecule has 0 fully saturated rings. The minimum Gasteiger partial charge on any atom is -0.493 e. The number of hydrogen-bond donors (Lipinski definition) is 2. The van der Waals surface area contributed by atoms with Crippen LogP contribution in [0.3, 0.4) is 0 Å². The molecule has 0 atom stereocenters. The molecule has 0 spiro atoms. The highest BCUT2D eigenvalue weighted by atomic mass is 16.5. The Kier molecular flexibility index (Phi) is 4.88. The molecule has 3 aromatic rings. The lowest BCUT2D eigenvalue weighted by Gasteiger charge is -2.07. The summed E-state index contributed by atoms with van der Waals surface area (Å²) in [5.74, 6) is 1.81. The summed E-state index contributed by atoms with van der Waals surface area (Å²) in [6, 6.07) is 10.9. The number of rotatable bonds is 6. The van der Waals surface area contributed by atoms with E-state index in [-0.39, 0.29) is 18.3 Å². The van der Waals surface area contributed by atoms with Crippen molar-refractivity contribution < 1.29 is 13.9 Å². The molecular weight excluding hydrogens is 318 g/mol. The molecule has 0 bridgehead atoms. The molecule has 0 radical (unpaired) electrons. The van der Waals surface area contributed by atoms with E-state index in [9.17, 15) is 4.79 Å². The topological polar surface area (TPSA) is 90.4 Å². The highest BCUT2D eigenvalue weighted by Crippen LogP contribution is 2.24. The smallest absolute Gasteiger partial charge is 0.255 e. The lowest BCUT2D eigenvalue weighted by molar-refractivity contribution is 0.0949. The van der Waals surface area contributed by atoms with Gasteiger partial charge in [-0.25, -0.2) is 4.98 Å². The van der Waals surface area contributed by atoms with Crippen molar-refractivity contribution >= 4 is 22.7 Å². The number of fused-ring (bicyclic) bond motifs is 1. The maximum atomic E-state index is 12.2. The van der Waals surface area contributed by atoms with Crippen molar-refractivity contribution in [1.82, 2.24) is 10.3 Å². The van der Waals surface area contributed by atoms with Crippen LogP contribution >= 0.6 is 0 Å². The Morgan fingerprint density at radius 2 is 2.16 bits per heavy atom. The number of nitrogens with zero attached hydrogens (tertiary/aromatic N) is 1. The highest BCUT2D eigenvalue weighted by molar-refractivity contribution is 5.98. The number of amides is 1. The molecule has 130 valence electrons. The summed E-state index contributed by atoms with van der Waals surface area (Å²) in [6.07, 6.45) is 1.55. The van der Waals surface area contributed by atoms with Gasteiger partial charge in [0.25, 0.3) is 5.91 Å². The van der Waals surface area contributed by atoms with E-state index < -0.39 is 0 Å². The van der Waals surface area contributed by atoms with Crippen LogP contribution in [0.5, 0.6) is 5.75 Å². The lowest BCUT2D eigenvalue weighted by atomic mass is 10.2. The SMILES string of the molecule is CC(C)COc1ccc2cc(CNC(=O)c3cccnc3N)oc2c1. The quantitative estimate of drug-likeness (QED) is 0.718. The molecule has 25 heavy (non-hydrogen) atoms. The minimum absolute atomic E-state index is 0.205. The van der Waals surface area contributed by atoms with Crippen LogP contribution in [0.25, 0.3) is 11.0 Å². The molecule has 0 aliphatic rings. The Bertz CT molecular complexity index is 887. The number of anilines is 1. The second-order valence-corrected chi connectivity index (χ2v) is 6.24. The van der Waals surface area contributed by atoms with Crippen LogP contribution in [-0.2, 0) is 6.54 Å². The molecular formula is C19H21N3O3. The van der Waals surface area contributed by atoms with Crippen molar-refractivity contribution in [2.75, 3.05) is 12.3 Å². The number of nitrogen functional groups attached to an aromatic ring is 1. The number of nitrogens with one attached hydrogen (secondary N) is 1. The summed E-state index contributed by atoms with van der Waals surface area (Å²) in [5, 5.41) is 3.75. The molecule has 3 N–H and O–H groups in total. The molecule has 1 amide bonds. The van der Waals surface area contributed by atoms with Crippen molar-refractivity contribution in [3.8, 4) is 5.75 Å². The van der Waals surface area contributed by atoms with Gasteiger partial charge in [-0.1, -0.05) is 13.8 Å². The van der Waals surface area contributed by atoms with Crippen molar-refractivity contribution in [3.63, 3.8) is 0 Å². The Morgan fingerprint density at radius 3 is 2.92 bits per heavy atom. The summed E-state index contributed by atoms with van der Waals surface area (Å²) in [7, 11) is 0. The van der Waals surface area contributed by atoms with Gasteiger partial charge in [-0.15, -0.1) is 0 Å². The van der Waals surface area contributed by atoms with Crippen LogP contribution in [0.2, 0.25) is 0 Å². The van der Waals surface area contributed by atoms with E-state index in [1.807, 2.05) is 24.3 Å².